The lowest BCUT2D eigenvalue weighted by Crippen LogP contribution is -2.56. The zero-order chi connectivity index (χ0) is 21.8. The van der Waals surface area contributed by atoms with Gasteiger partial charge in [0.05, 0.1) is 0 Å². The highest BCUT2D eigenvalue weighted by atomic mass is 35.5. The van der Waals surface area contributed by atoms with Crippen LogP contribution < -0.4 is 0 Å². The Labute approximate surface area is 190 Å². The summed E-state index contributed by atoms with van der Waals surface area (Å²) in [5, 5.41) is 0.217. The Morgan fingerprint density at radius 2 is 1.60 bits per heavy atom. The number of alkyl halides is 1. The summed E-state index contributed by atoms with van der Waals surface area (Å²) >= 11 is 6.52. The monoisotopic (exact) mass is 432 g/mol. The van der Waals surface area contributed by atoms with Crippen LogP contribution in [-0.4, -0.2) is 11.2 Å². The van der Waals surface area contributed by atoms with E-state index in [0.717, 1.165) is 43.4 Å². The molecular weight excluding hydrogens is 388 g/mol. The first-order valence-electron chi connectivity index (χ1n) is 12.9. The Morgan fingerprint density at radius 3 is 2.30 bits per heavy atom. The number of rotatable bonds is 4. The fourth-order valence-corrected chi connectivity index (χ4v) is 8.89. The van der Waals surface area contributed by atoms with Gasteiger partial charge in [-0.25, -0.2) is 0 Å². The minimum atomic E-state index is 0.211. The average Bonchev–Trinajstić information content (AvgIpc) is 3.04. The van der Waals surface area contributed by atoms with E-state index in [2.05, 4.69) is 53.7 Å². The molecule has 0 bridgehead atoms. The summed E-state index contributed by atoms with van der Waals surface area (Å²) in [6, 6.07) is 0. The lowest BCUT2D eigenvalue weighted by Gasteiger charge is -2.60. The van der Waals surface area contributed by atoms with Gasteiger partial charge in [-0.3, -0.25) is 4.79 Å². The first-order chi connectivity index (χ1) is 14.1. The van der Waals surface area contributed by atoms with E-state index in [-0.39, 0.29) is 16.7 Å². The summed E-state index contributed by atoms with van der Waals surface area (Å²) in [6.45, 7) is 14.5. The quantitative estimate of drug-likeness (QED) is 0.325. The Kier molecular flexibility index (Phi) is 6.28. The molecule has 0 aliphatic heterocycles. The van der Waals surface area contributed by atoms with Crippen LogP contribution in [-0.2, 0) is 4.79 Å². The van der Waals surface area contributed by atoms with Gasteiger partial charge in [0.15, 0.2) is 0 Å². The molecule has 4 aliphatic carbocycles. The molecule has 0 aromatic rings. The second kappa shape index (κ2) is 8.24. The molecule has 0 aromatic carbocycles. The molecule has 4 fully saturated rings. The van der Waals surface area contributed by atoms with Crippen molar-refractivity contribution in [3.8, 4) is 0 Å². The summed E-state index contributed by atoms with van der Waals surface area (Å²) in [5.41, 5.74) is 0.627. The molecule has 0 N–H and O–H groups in total. The molecule has 1 nitrogen and oxygen atoms in total. The molecule has 0 saturated heterocycles. The van der Waals surface area contributed by atoms with Crippen molar-refractivity contribution in [2.24, 2.45) is 58.2 Å². The van der Waals surface area contributed by atoms with Gasteiger partial charge in [-0.1, -0.05) is 53.7 Å². The van der Waals surface area contributed by atoms with Crippen molar-refractivity contribution in [1.29, 1.82) is 0 Å². The second-order valence-electron chi connectivity index (χ2n) is 12.6. The molecule has 10 atom stereocenters. The number of hydrogen-bond acceptors (Lipinski definition) is 1. The molecule has 0 radical (unpaired) electrons. The van der Waals surface area contributed by atoms with E-state index in [9.17, 15) is 4.79 Å². The fraction of sp³-hybridized carbons (Fsp3) is 0.893. The van der Waals surface area contributed by atoms with Crippen LogP contribution in [0.4, 0.5) is 0 Å². The lowest BCUT2D eigenvalue weighted by molar-refractivity contribution is -0.153. The number of halogens is 1. The van der Waals surface area contributed by atoms with Gasteiger partial charge in [-0.05, 0) is 97.2 Å². The molecule has 0 spiro atoms. The summed E-state index contributed by atoms with van der Waals surface area (Å²) in [7, 11) is 0. The molecule has 30 heavy (non-hydrogen) atoms. The van der Waals surface area contributed by atoms with Gasteiger partial charge in [0.25, 0.3) is 0 Å². The Bertz CT molecular complexity index is 682. The molecule has 2 heteroatoms. The molecule has 4 aliphatic rings. The van der Waals surface area contributed by atoms with Crippen molar-refractivity contribution < 1.29 is 4.79 Å². The number of carbonyl (C=O) groups is 1. The largest absolute Gasteiger partial charge is 0.299 e. The van der Waals surface area contributed by atoms with Gasteiger partial charge in [-0.2, -0.15) is 0 Å². The molecule has 0 unspecified atom stereocenters. The van der Waals surface area contributed by atoms with Gasteiger partial charge < -0.3 is 0 Å². The topological polar surface area (TPSA) is 17.1 Å². The van der Waals surface area contributed by atoms with Gasteiger partial charge in [0.2, 0.25) is 0 Å². The summed E-state index contributed by atoms with van der Waals surface area (Å²) in [5.74, 6) is 5.68. The lowest BCUT2D eigenvalue weighted by atomic mass is 9.44. The van der Waals surface area contributed by atoms with Crippen LogP contribution in [0.25, 0.3) is 0 Å². The number of carbonyl (C=O) groups excluding carboxylic acids is 1. The van der Waals surface area contributed by atoms with Crippen molar-refractivity contribution in [1.82, 2.24) is 0 Å². The molecule has 4 rings (SSSR count). The maximum absolute atomic E-state index is 13.3. The van der Waals surface area contributed by atoms with Gasteiger partial charge in [-0.15, -0.1) is 11.6 Å². The van der Waals surface area contributed by atoms with Crippen molar-refractivity contribution in [3.63, 3.8) is 0 Å². The number of Topliss-reactive ketones (excluding diaryl/α,β-unsaturated/α-hetero) is 1. The van der Waals surface area contributed by atoms with Gasteiger partial charge in [0, 0.05) is 17.7 Å². The smallest absolute Gasteiger partial charge is 0.136 e. The maximum atomic E-state index is 13.3. The summed E-state index contributed by atoms with van der Waals surface area (Å²) in [4.78, 5) is 13.3. The maximum Gasteiger partial charge on any atom is 0.136 e. The third-order valence-corrected chi connectivity index (χ3v) is 11.3. The van der Waals surface area contributed by atoms with Gasteiger partial charge in [0.1, 0.15) is 5.78 Å². The third kappa shape index (κ3) is 3.64. The van der Waals surface area contributed by atoms with Crippen LogP contribution in [0.3, 0.4) is 0 Å². The van der Waals surface area contributed by atoms with Gasteiger partial charge >= 0.3 is 0 Å². The standard InChI is InChI=1S/C28H45ClO/c1-17(2)18(3)7-8-19(4)22-9-10-23-21-16-26(30)25-15-20(29)11-13-28(25,6)24(21)12-14-27(22,23)5/h7-8,17-25H,9-16H2,1-6H3/b8-7+/t18-,19+,20+,21-,22+,23+,24-,25-,27-,28-/m1/s1. The van der Waals surface area contributed by atoms with Crippen LogP contribution >= 0.6 is 11.6 Å². The minimum Gasteiger partial charge on any atom is -0.299 e. The second-order valence-corrected chi connectivity index (χ2v) is 13.2. The first-order valence-corrected chi connectivity index (χ1v) is 13.4. The highest BCUT2D eigenvalue weighted by Crippen LogP contribution is 2.67. The number of ketones is 1. The van der Waals surface area contributed by atoms with Crippen molar-refractivity contribution in [2.45, 2.75) is 98.3 Å². The summed E-state index contributed by atoms with van der Waals surface area (Å²) < 4.78 is 0. The average molecular weight is 433 g/mol. The van der Waals surface area contributed by atoms with Crippen molar-refractivity contribution in [3.05, 3.63) is 12.2 Å². The number of fused-ring (bicyclic) bond motifs is 5. The zero-order valence-electron chi connectivity index (χ0n) is 20.3. The third-order valence-electron chi connectivity index (χ3n) is 10.9. The van der Waals surface area contributed by atoms with E-state index in [4.69, 9.17) is 11.6 Å². The molecular formula is C28H45ClO. The van der Waals surface area contributed by atoms with E-state index < -0.39 is 0 Å². The predicted molar refractivity (Wildman–Crippen MR) is 128 cm³/mol. The van der Waals surface area contributed by atoms with Crippen LogP contribution in [0.2, 0.25) is 0 Å². The number of hydrogen-bond donors (Lipinski definition) is 0. The molecule has 0 heterocycles. The Morgan fingerprint density at radius 1 is 0.933 bits per heavy atom. The molecule has 0 amide bonds. The van der Waals surface area contributed by atoms with E-state index in [1.54, 1.807) is 0 Å². The highest BCUT2D eigenvalue weighted by molar-refractivity contribution is 6.20. The van der Waals surface area contributed by atoms with Crippen molar-refractivity contribution >= 4 is 17.4 Å². The van der Waals surface area contributed by atoms with Crippen LogP contribution in [0.5, 0.6) is 0 Å². The van der Waals surface area contributed by atoms with Crippen LogP contribution in [0.1, 0.15) is 92.9 Å². The minimum absolute atomic E-state index is 0.211. The molecule has 4 saturated carbocycles. The number of allylic oxidation sites excluding steroid dienone is 2. The van der Waals surface area contributed by atoms with E-state index in [0.29, 0.717) is 34.9 Å². The SMILES string of the molecule is CC(C)[C@H](C)/C=C/[C@H](C)[C@@H]1CC[C@H]2[C@H]3CC(=O)[C@H]4C[C@@H](Cl)CC[C@]4(C)[C@@H]3CC[C@@]21C. The zero-order valence-corrected chi connectivity index (χ0v) is 21.0. The summed E-state index contributed by atoms with van der Waals surface area (Å²) in [6.07, 6.45) is 14.4. The van der Waals surface area contributed by atoms with E-state index in [1.165, 1.54) is 25.7 Å². The normalized spacial score (nSPS) is 48.3. The van der Waals surface area contributed by atoms with E-state index in [1.807, 2.05) is 0 Å². The highest BCUT2D eigenvalue weighted by Gasteiger charge is 2.62. The molecule has 170 valence electrons. The fourth-order valence-electron chi connectivity index (χ4n) is 8.60. The van der Waals surface area contributed by atoms with Crippen LogP contribution in [0, 0.1) is 58.2 Å². The Hall–Kier alpha value is -0.300. The molecule has 0 aromatic heterocycles. The first kappa shape index (κ1) is 22.9. The Balaban J connectivity index is 1.54. The predicted octanol–water partition coefficient (Wildman–Crippen LogP) is 7.92. The van der Waals surface area contributed by atoms with E-state index >= 15 is 0 Å². The van der Waals surface area contributed by atoms with Crippen LogP contribution in [0.15, 0.2) is 12.2 Å². The van der Waals surface area contributed by atoms with Crippen molar-refractivity contribution in [2.75, 3.05) is 0 Å².